The van der Waals surface area contributed by atoms with Crippen molar-refractivity contribution in [2.24, 2.45) is 0 Å². The monoisotopic (exact) mass is 771 g/mol. The third-order valence-electron chi connectivity index (χ3n) is 13.0. The van der Waals surface area contributed by atoms with E-state index in [1.807, 2.05) is 11.3 Å². The van der Waals surface area contributed by atoms with Gasteiger partial charge in [-0.1, -0.05) is 103 Å². The lowest BCUT2D eigenvalue weighted by molar-refractivity contribution is 0.269. The summed E-state index contributed by atoms with van der Waals surface area (Å²) in [5.74, 6) is 1.14. The maximum atomic E-state index is 6.39. The number of fused-ring (bicyclic) bond motifs is 17. The first-order valence-corrected chi connectivity index (χ1v) is 21.2. The molecule has 5 heterocycles. The molecule has 0 N–H and O–H groups in total. The molecule has 5 heteroatoms. The summed E-state index contributed by atoms with van der Waals surface area (Å²) in [4.78, 5) is 0. The number of allylic oxidation sites excluding steroid dienone is 2. The van der Waals surface area contributed by atoms with Gasteiger partial charge in [-0.05, 0) is 85.0 Å². The number of thiophene rings is 1. The zero-order valence-corrected chi connectivity index (χ0v) is 32.5. The van der Waals surface area contributed by atoms with E-state index >= 15 is 0 Å². The summed E-state index contributed by atoms with van der Waals surface area (Å²) >= 11 is 1.87. The molecule has 0 saturated carbocycles. The minimum Gasteiger partial charge on any atom is -0.485 e. The summed E-state index contributed by atoms with van der Waals surface area (Å²) in [7, 11) is 0. The highest BCUT2D eigenvalue weighted by Gasteiger charge is 2.34. The van der Waals surface area contributed by atoms with Crippen molar-refractivity contribution in [3.8, 4) is 17.1 Å². The molecule has 0 radical (unpaired) electrons. The summed E-state index contributed by atoms with van der Waals surface area (Å²) in [6.07, 6.45) is 6.91. The van der Waals surface area contributed by atoms with E-state index in [9.17, 15) is 0 Å². The molecule has 4 aromatic heterocycles. The smallest absolute Gasteiger partial charge is 0.128 e. The first kappa shape index (κ1) is 31.7. The van der Waals surface area contributed by atoms with Crippen LogP contribution in [0.25, 0.3) is 103 Å². The minimum absolute atomic E-state index is 0.00704. The van der Waals surface area contributed by atoms with Gasteiger partial charge in [0, 0.05) is 81.0 Å². The van der Waals surface area contributed by atoms with Gasteiger partial charge in [0.25, 0.3) is 0 Å². The number of aromatic nitrogens is 3. The molecule has 0 saturated heterocycles. The van der Waals surface area contributed by atoms with Gasteiger partial charge in [-0.3, -0.25) is 0 Å². The Balaban J connectivity index is 1.11. The maximum absolute atomic E-state index is 6.39. The van der Waals surface area contributed by atoms with Crippen molar-refractivity contribution in [3.63, 3.8) is 0 Å². The van der Waals surface area contributed by atoms with E-state index in [0.29, 0.717) is 0 Å². The lowest BCUT2D eigenvalue weighted by Gasteiger charge is -2.20. The molecule has 0 amide bonds. The Morgan fingerprint density at radius 2 is 1.07 bits per heavy atom. The molecule has 2 atom stereocenters. The predicted molar refractivity (Wildman–Crippen MR) is 248 cm³/mol. The van der Waals surface area contributed by atoms with Gasteiger partial charge >= 0.3 is 0 Å². The Bertz CT molecular complexity index is 3840. The van der Waals surface area contributed by atoms with Gasteiger partial charge in [0.1, 0.15) is 11.9 Å². The van der Waals surface area contributed by atoms with Gasteiger partial charge in [-0.25, -0.2) is 0 Å². The van der Waals surface area contributed by atoms with E-state index in [4.69, 9.17) is 4.74 Å². The number of ether oxygens (including phenoxy) is 1. The summed E-state index contributed by atoms with van der Waals surface area (Å²) < 4.78 is 16.5. The van der Waals surface area contributed by atoms with Crippen molar-refractivity contribution >= 4 is 103 Å². The van der Waals surface area contributed by atoms with Crippen LogP contribution >= 0.6 is 11.3 Å². The van der Waals surface area contributed by atoms with Gasteiger partial charge in [0.15, 0.2) is 0 Å². The Morgan fingerprint density at radius 3 is 1.85 bits per heavy atom. The first-order chi connectivity index (χ1) is 29.3. The number of benzene rings is 8. The molecule has 1 aliphatic carbocycles. The van der Waals surface area contributed by atoms with E-state index in [2.05, 4.69) is 202 Å². The fourth-order valence-corrected chi connectivity index (χ4v) is 11.6. The SMILES string of the molecule is C1=CC2Oc3ccccc3C2C=C1n1c2ccccc2c2c1ccc1c3ccc4c(c5ccccc5n4-c4ccc5sc6ccccc6c5c4)c3n(-c3ccccc3)c12. The second-order valence-corrected chi connectivity index (χ2v) is 17.0. The molecule has 8 aromatic carbocycles. The number of rotatable bonds is 3. The van der Waals surface area contributed by atoms with E-state index in [-0.39, 0.29) is 12.0 Å². The highest BCUT2D eigenvalue weighted by atomic mass is 32.1. The van der Waals surface area contributed by atoms with Crippen LogP contribution in [0.3, 0.4) is 0 Å². The van der Waals surface area contributed by atoms with Crippen LogP contribution in [0.4, 0.5) is 0 Å². The van der Waals surface area contributed by atoms with Gasteiger partial charge in [0.2, 0.25) is 0 Å². The van der Waals surface area contributed by atoms with Crippen LogP contribution in [-0.4, -0.2) is 19.8 Å². The fourth-order valence-electron chi connectivity index (χ4n) is 10.5. The largest absolute Gasteiger partial charge is 0.485 e. The standard InChI is InChI=1S/C54H33N3OS/c1-2-12-32(13-3-1)57-53-37(24-26-45-51(53)39-16-4-8-18-43(39)55(45)33-22-28-48-41(30-33)35-14-6-10-20-47(35)58-48)38-25-27-46-52(54(38)57)40-17-5-9-19-44(40)56(46)34-23-29-50-42(31-34)36-15-7-11-21-49(36)59-50/h1-31,41,48H. The number of nitrogens with zero attached hydrogens (tertiary/aromatic N) is 3. The molecule has 0 fully saturated rings. The molecule has 14 rings (SSSR count). The van der Waals surface area contributed by atoms with E-state index < -0.39 is 0 Å². The molecule has 12 aromatic rings. The first-order valence-electron chi connectivity index (χ1n) is 20.3. The number of hydrogen-bond donors (Lipinski definition) is 0. The van der Waals surface area contributed by atoms with Gasteiger partial charge < -0.3 is 18.4 Å². The van der Waals surface area contributed by atoms with Crippen LogP contribution in [0.15, 0.2) is 188 Å². The zero-order valence-electron chi connectivity index (χ0n) is 31.7. The topological polar surface area (TPSA) is 24.0 Å². The maximum Gasteiger partial charge on any atom is 0.128 e. The third-order valence-corrected chi connectivity index (χ3v) is 14.1. The summed E-state index contributed by atoms with van der Waals surface area (Å²) in [5.41, 5.74) is 12.0. The van der Waals surface area contributed by atoms with E-state index in [1.54, 1.807) is 0 Å². The lowest BCUT2D eigenvalue weighted by Crippen LogP contribution is -2.18. The molecule has 2 unspecified atom stereocenters. The molecule has 0 bridgehead atoms. The molecule has 1 aliphatic heterocycles. The summed E-state index contributed by atoms with van der Waals surface area (Å²) in [6, 6.07) is 62.5. The minimum atomic E-state index is 0.00704. The second kappa shape index (κ2) is 11.6. The van der Waals surface area contributed by atoms with Crippen molar-refractivity contribution in [1.29, 1.82) is 0 Å². The Hall–Kier alpha value is -7.34. The van der Waals surface area contributed by atoms with Crippen molar-refractivity contribution in [1.82, 2.24) is 13.7 Å². The average Bonchev–Trinajstić information content (AvgIpc) is 4.09. The highest BCUT2D eigenvalue weighted by Crippen LogP contribution is 2.48. The third kappa shape index (κ3) is 4.22. The Morgan fingerprint density at radius 1 is 0.441 bits per heavy atom. The normalized spacial score (nSPS) is 16.3. The molecule has 2 aliphatic rings. The van der Waals surface area contributed by atoms with Crippen LogP contribution in [0.5, 0.6) is 5.75 Å². The Kier molecular flexibility index (Phi) is 6.25. The quantitative estimate of drug-likeness (QED) is 0.175. The summed E-state index contributed by atoms with van der Waals surface area (Å²) in [5, 5.41) is 10.1. The number of para-hydroxylation sites is 4. The fraction of sp³-hybridized carbons (Fsp3) is 0.0370. The van der Waals surface area contributed by atoms with Crippen molar-refractivity contribution in [2.75, 3.05) is 0 Å². The Labute approximate surface area is 342 Å². The molecule has 4 nitrogen and oxygen atoms in total. The molecule has 0 spiro atoms. The van der Waals surface area contributed by atoms with E-state index in [1.165, 1.54) is 103 Å². The van der Waals surface area contributed by atoms with Gasteiger partial charge in [0.05, 0.1) is 33.1 Å². The predicted octanol–water partition coefficient (Wildman–Crippen LogP) is 14.3. The van der Waals surface area contributed by atoms with Crippen LogP contribution in [0, 0.1) is 0 Å². The van der Waals surface area contributed by atoms with Crippen molar-refractivity contribution < 1.29 is 4.74 Å². The molecule has 276 valence electrons. The highest BCUT2D eigenvalue weighted by molar-refractivity contribution is 7.25. The van der Waals surface area contributed by atoms with Crippen LogP contribution < -0.4 is 4.74 Å². The average molecular weight is 772 g/mol. The summed E-state index contributed by atoms with van der Waals surface area (Å²) in [6.45, 7) is 0. The van der Waals surface area contributed by atoms with Crippen LogP contribution in [-0.2, 0) is 0 Å². The van der Waals surface area contributed by atoms with Crippen LogP contribution in [0.1, 0.15) is 11.5 Å². The van der Waals surface area contributed by atoms with Crippen molar-refractivity contribution in [2.45, 2.75) is 12.0 Å². The zero-order chi connectivity index (χ0) is 38.3. The number of hydrogen-bond acceptors (Lipinski definition) is 2. The van der Waals surface area contributed by atoms with Crippen LogP contribution in [0.2, 0.25) is 0 Å². The van der Waals surface area contributed by atoms with Gasteiger partial charge in [-0.15, -0.1) is 11.3 Å². The molecular weight excluding hydrogens is 739 g/mol. The molecular formula is C54H33N3OS. The molecule has 59 heavy (non-hydrogen) atoms. The van der Waals surface area contributed by atoms with Crippen molar-refractivity contribution in [3.05, 3.63) is 194 Å². The van der Waals surface area contributed by atoms with E-state index in [0.717, 1.165) is 11.4 Å². The second-order valence-electron chi connectivity index (χ2n) is 16.0. The lowest BCUT2D eigenvalue weighted by atomic mass is 9.91. The van der Waals surface area contributed by atoms with Gasteiger partial charge in [-0.2, -0.15) is 0 Å².